The first-order valence-electron chi connectivity index (χ1n) is 7.45. The molecular formula is C14H24N2O2. The average molecular weight is 252 g/mol. The van der Waals surface area contributed by atoms with Crippen LogP contribution in [0.2, 0.25) is 0 Å². The monoisotopic (exact) mass is 252 g/mol. The van der Waals surface area contributed by atoms with Gasteiger partial charge in [0, 0.05) is 26.2 Å². The summed E-state index contributed by atoms with van der Waals surface area (Å²) in [7, 11) is 0. The normalized spacial score (nSPS) is 33.4. The molecule has 3 heterocycles. The Morgan fingerprint density at radius 3 is 2.61 bits per heavy atom. The van der Waals surface area contributed by atoms with E-state index in [1.54, 1.807) is 0 Å². The third kappa shape index (κ3) is 3.04. The van der Waals surface area contributed by atoms with Crippen molar-refractivity contribution in [3.63, 3.8) is 0 Å². The van der Waals surface area contributed by atoms with Crippen LogP contribution in [-0.4, -0.2) is 61.1 Å². The van der Waals surface area contributed by atoms with Crippen molar-refractivity contribution in [1.82, 2.24) is 9.80 Å². The summed E-state index contributed by atoms with van der Waals surface area (Å²) < 4.78 is 5.29. The van der Waals surface area contributed by atoms with E-state index in [4.69, 9.17) is 4.74 Å². The van der Waals surface area contributed by atoms with E-state index in [1.165, 1.54) is 19.3 Å². The van der Waals surface area contributed by atoms with Crippen LogP contribution >= 0.6 is 0 Å². The summed E-state index contributed by atoms with van der Waals surface area (Å²) in [6.07, 6.45) is 6.37. The predicted octanol–water partition coefficient (Wildman–Crippen LogP) is 1.11. The van der Waals surface area contributed by atoms with Crippen molar-refractivity contribution in [2.45, 2.75) is 38.2 Å². The van der Waals surface area contributed by atoms with Crippen LogP contribution in [0.1, 0.15) is 32.1 Å². The van der Waals surface area contributed by atoms with Crippen LogP contribution in [0.25, 0.3) is 0 Å². The highest BCUT2D eigenvalue weighted by atomic mass is 16.6. The van der Waals surface area contributed by atoms with Gasteiger partial charge in [-0.1, -0.05) is 0 Å². The van der Waals surface area contributed by atoms with Gasteiger partial charge < -0.3 is 9.64 Å². The molecule has 0 aromatic rings. The van der Waals surface area contributed by atoms with Crippen LogP contribution in [0, 0.1) is 5.92 Å². The third-order valence-corrected chi connectivity index (χ3v) is 4.39. The molecule has 0 aromatic heterocycles. The maximum atomic E-state index is 12.5. The minimum absolute atomic E-state index is 0.246. The molecule has 0 saturated carbocycles. The molecule has 4 nitrogen and oxygen atoms in total. The Bertz CT molecular complexity index is 298. The number of amides is 1. The van der Waals surface area contributed by atoms with Gasteiger partial charge in [-0.15, -0.1) is 0 Å². The van der Waals surface area contributed by atoms with Crippen LogP contribution in [0.5, 0.6) is 0 Å². The van der Waals surface area contributed by atoms with Crippen LogP contribution in [0.15, 0.2) is 0 Å². The fraction of sp³-hybridized carbons (Fsp3) is 0.929. The highest BCUT2D eigenvalue weighted by molar-refractivity contribution is 5.79. The van der Waals surface area contributed by atoms with Gasteiger partial charge in [-0.3, -0.25) is 9.69 Å². The summed E-state index contributed by atoms with van der Waals surface area (Å²) in [5.41, 5.74) is 0. The van der Waals surface area contributed by atoms with E-state index < -0.39 is 0 Å². The zero-order valence-electron chi connectivity index (χ0n) is 11.1. The van der Waals surface area contributed by atoms with E-state index in [-0.39, 0.29) is 5.92 Å². The molecule has 1 amide bonds. The van der Waals surface area contributed by atoms with Gasteiger partial charge in [0.1, 0.15) is 0 Å². The lowest BCUT2D eigenvalue weighted by atomic mass is 9.95. The first kappa shape index (κ1) is 12.4. The summed E-state index contributed by atoms with van der Waals surface area (Å²) >= 11 is 0. The van der Waals surface area contributed by atoms with Crippen molar-refractivity contribution in [1.29, 1.82) is 0 Å². The van der Waals surface area contributed by atoms with Crippen LogP contribution in [-0.2, 0) is 9.53 Å². The maximum absolute atomic E-state index is 12.5. The Hall–Kier alpha value is -0.610. The molecule has 0 aliphatic carbocycles. The number of likely N-dealkylation sites (tertiary alicyclic amines) is 2. The van der Waals surface area contributed by atoms with E-state index in [1.807, 2.05) is 0 Å². The van der Waals surface area contributed by atoms with Crippen molar-refractivity contribution < 1.29 is 9.53 Å². The summed E-state index contributed by atoms with van der Waals surface area (Å²) in [5.74, 6) is 0.659. The first-order chi connectivity index (χ1) is 8.83. The van der Waals surface area contributed by atoms with Crippen molar-refractivity contribution in [3.8, 4) is 0 Å². The average Bonchev–Trinajstić information content (AvgIpc) is 3.23. The number of ether oxygens (including phenoxy) is 1. The van der Waals surface area contributed by atoms with Gasteiger partial charge in [-0.2, -0.15) is 0 Å². The summed E-state index contributed by atoms with van der Waals surface area (Å²) in [5, 5.41) is 0. The SMILES string of the molecule is O=C(C1CCCN(CC2CO2)C1)N1CCCCC1. The fourth-order valence-corrected chi connectivity index (χ4v) is 3.26. The van der Waals surface area contributed by atoms with E-state index in [0.717, 1.165) is 52.2 Å². The van der Waals surface area contributed by atoms with E-state index in [9.17, 15) is 4.79 Å². The Kier molecular flexibility index (Phi) is 3.85. The highest BCUT2D eigenvalue weighted by Gasteiger charge is 2.32. The Morgan fingerprint density at radius 1 is 1.11 bits per heavy atom. The van der Waals surface area contributed by atoms with Crippen molar-refractivity contribution >= 4 is 5.91 Å². The highest BCUT2D eigenvalue weighted by Crippen LogP contribution is 2.22. The smallest absolute Gasteiger partial charge is 0.226 e. The lowest BCUT2D eigenvalue weighted by Gasteiger charge is -2.36. The molecule has 102 valence electrons. The number of hydrogen-bond acceptors (Lipinski definition) is 3. The largest absolute Gasteiger partial charge is 0.372 e. The molecule has 3 aliphatic rings. The molecule has 0 radical (unpaired) electrons. The molecule has 3 saturated heterocycles. The number of carbonyl (C=O) groups excluding carboxylic acids is 1. The standard InChI is InChI=1S/C14H24N2O2/c17-14(16-7-2-1-3-8-16)12-5-4-6-15(9-12)10-13-11-18-13/h12-13H,1-11H2. The van der Waals surface area contributed by atoms with Gasteiger partial charge in [0.15, 0.2) is 0 Å². The van der Waals surface area contributed by atoms with Crippen LogP contribution < -0.4 is 0 Å². The van der Waals surface area contributed by atoms with Gasteiger partial charge in [0.2, 0.25) is 5.91 Å². The lowest BCUT2D eigenvalue weighted by molar-refractivity contribution is -0.138. The number of epoxide rings is 1. The Labute approximate surface area is 109 Å². The topological polar surface area (TPSA) is 36.1 Å². The number of hydrogen-bond donors (Lipinski definition) is 0. The molecule has 0 N–H and O–H groups in total. The van der Waals surface area contributed by atoms with Crippen molar-refractivity contribution in [2.24, 2.45) is 5.92 Å². The van der Waals surface area contributed by atoms with Crippen LogP contribution in [0.4, 0.5) is 0 Å². The molecule has 3 aliphatic heterocycles. The van der Waals surface area contributed by atoms with Gasteiger partial charge in [-0.25, -0.2) is 0 Å². The lowest BCUT2D eigenvalue weighted by Crippen LogP contribution is -2.47. The van der Waals surface area contributed by atoms with Gasteiger partial charge in [0.25, 0.3) is 0 Å². The summed E-state index contributed by atoms with van der Waals surface area (Å²) in [6, 6.07) is 0. The van der Waals surface area contributed by atoms with Crippen LogP contribution in [0.3, 0.4) is 0 Å². The number of carbonyl (C=O) groups is 1. The molecule has 0 aromatic carbocycles. The second kappa shape index (κ2) is 5.57. The number of rotatable bonds is 3. The Balaban J connectivity index is 1.51. The molecule has 0 bridgehead atoms. The molecule has 4 heteroatoms. The minimum atomic E-state index is 0.246. The van der Waals surface area contributed by atoms with Gasteiger partial charge in [-0.05, 0) is 38.6 Å². The van der Waals surface area contributed by atoms with E-state index in [0.29, 0.717) is 12.0 Å². The van der Waals surface area contributed by atoms with Gasteiger partial charge >= 0.3 is 0 Å². The number of nitrogens with zero attached hydrogens (tertiary/aromatic N) is 2. The fourth-order valence-electron chi connectivity index (χ4n) is 3.26. The molecule has 2 unspecified atom stereocenters. The first-order valence-corrected chi connectivity index (χ1v) is 7.45. The van der Waals surface area contributed by atoms with Gasteiger partial charge in [0.05, 0.1) is 18.6 Å². The quantitative estimate of drug-likeness (QED) is 0.706. The molecule has 3 rings (SSSR count). The zero-order chi connectivity index (χ0) is 12.4. The second-order valence-electron chi connectivity index (χ2n) is 5.94. The molecule has 3 fully saturated rings. The Morgan fingerprint density at radius 2 is 1.89 bits per heavy atom. The number of piperidine rings is 2. The molecule has 2 atom stereocenters. The summed E-state index contributed by atoms with van der Waals surface area (Å²) in [4.78, 5) is 17.0. The van der Waals surface area contributed by atoms with Crippen molar-refractivity contribution in [3.05, 3.63) is 0 Å². The van der Waals surface area contributed by atoms with E-state index in [2.05, 4.69) is 9.80 Å². The minimum Gasteiger partial charge on any atom is -0.372 e. The van der Waals surface area contributed by atoms with Crippen molar-refractivity contribution in [2.75, 3.05) is 39.3 Å². The predicted molar refractivity (Wildman–Crippen MR) is 69.3 cm³/mol. The molecular weight excluding hydrogens is 228 g/mol. The third-order valence-electron chi connectivity index (χ3n) is 4.39. The van der Waals surface area contributed by atoms with E-state index >= 15 is 0 Å². The summed E-state index contributed by atoms with van der Waals surface area (Å²) in [6.45, 7) is 6.02. The maximum Gasteiger partial charge on any atom is 0.226 e. The zero-order valence-corrected chi connectivity index (χ0v) is 11.1. The molecule has 0 spiro atoms. The second-order valence-corrected chi connectivity index (χ2v) is 5.94. The molecule has 18 heavy (non-hydrogen) atoms.